The van der Waals surface area contributed by atoms with Gasteiger partial charge in [0.05, 0.1) is 12.6 Å². The second kappa shape index (κ2) is 13.1. The molecule has 5 aromatic rings. The first kappa shape index (κ1) is 31.0. The molecule has 0 aliphatic rings. The number of thiophene rings is 1. The Hall–Kier alpha value is -4.44. The first-order valence-corrected chi connectivity index (χ1v) is 15.7. The lowest BCUT2D eigenvalue weighted by molar-refractivity contribution is -0.127. The van der Waals surface area contributed by atoms with Gasteiger partial charge in [0.25, 0.3) is 0 Å². The topological polar surface area (TPSA) is 114 Å². The number of para-hydroxylation sites is 1. The van der Waals surface area contributed by atoms with E-state index in [0.29, 0.717) is 25.2 Å². The monoisotopic (exact) mass is 612 g/mol. The number of H-pyrrole nitrogens is 1. The average Bonchev–Trinajstić information content (AvgIpc) is 3.72. The fraction of sp³-hybridized carbons (Fsp3) is 0.353. The van der Waals surface area contributed by atoms with Crippen LogP contribution in [0.25, 0.3) is 10.9 Å². The van der Waals surface area contributed by atoms with Crippen molar-refractivity contribution < 1.29 is 14.3 Å². The zero-order valence-corrected chi connectivity index (χ0v) is 26.7. The summed E-state index contributed by atoms with van der Waals surface area (Å²) < 4.78 is 7.56. The van der Waals surface area contributed by atoms with Gasteiger partial charge in [-0.2, -0.15) is 0 Å². The zero-order valence-electron chi connectivity index (χ0n) is 25.9. The molecular weight excluding hydrogens is 572 g/mol. The molecule has 0 saturated heterocycles. The fourth-order valence-corrected chi connectivity index (χ4v) is 5.80. The van der Waals surface area contributed by atoms with E-state index in [-0.39, 0.29) is 5.91 Å². The van der Waals surface area contributed by atoms with E-state index in [9.17, 15) is 9.59 Å². The number of nitrogens with one attached hydrogen (secondary N) is 3. The maximum atomic E-state index is 13.8. The molecule has 3 heterocycles. The van der Waals surface area contributed by atoms with Crippen LogP contribution in [0.3, 0.4) is 0 Å². The van der Waals surface area contributed by atoms with Gasteiger partial charge in [-0.3, -0.25) is 4.79 Å². The Morgan fingerprint density at radius 3 is 2.43 bits per heavy atom. The summed E-state index contributed by atoms with van der Waals surface area (Å²) >= 11 is 1.67. The summed E-state index contributed by atoms with van der Waals surface area (Å²) in [7, 11) is 0. The van der Waals surface area contributed by atoms with Crippen molar-refractivity contribution in [2.45, 2.75) is 77.6 Å². The van der Waals surface area contributed by atoms with Crippen LogP contribution in [0.2, 0.25) is 0 Å². The van der Waals surface area contributed by atoms with E-state index in [1.165, 1.54) is 5.56 Å². The largest absolute Gasteiger partial charge is 0.444 e. The van der Waals surface area contributed by atoms with Gasteiger partial charge >= 0.3 is 6.09 Å². The lowest BCUT2D eigenvalue weighted by Crippen LogP contribution is -2.56. The van der Waals surface area contributed by atoms with Crippen LogP contribution in [0, 0.1) is 0 Å². The first-order chi connectivity index (χ1) is 21.0. The number of benzene rings is 2. The molecule has 0 saturated carbocycles. The normalized spacial score (nSPS) is 12.7. The second-order valence-electron chi connectivity index (χ2n) is 12.5. The van der Waals surface area contributed by atoms with Gasteiger partial charge in [-0.1, -0.05) is 54.6 Å². The number of carbonyl (C=O) groups is 2. The first-order valence-electron chi connectivity index (χ1n) is 14.8. The third kappa shape index (κ3) is 7.74. The van der Waals surface area contributed by atoms with E-state index in [2.05, 4.69) is 54.9 Å². The number of nitrogens with zero attached hydrogens (tertiary/aromatic N) is 3. The number of fused-ring (bicyclic) bond motifs is 1. The van der Waals surface area contributed by atoms with E-state index in [4.69, 9.17) is 9.84 Å². The smallest absolute Gasteiger partial charge is 0.408 e. The van der Waals surface area contributed by atoms with E-state index in [1.807, 2.05) is 48.7 Å². The number of rotatable bonds is 11. The summed E-state index contributed by atoms with van der Waals surface area (Å²) in [4.78, 5) is 31.0. The number of carbonyl (C=O) groups excluding carboxylic acids is 2. The van der Waals surface area contributed by atoms with Gasteiger partial charge in [-0.05, 0) is 69.7 Å². The molecule has 0 aliphatic heterocycles. The molecule has 44 heavy (non-hydrogen) atoms. The number of ether oxygens (including phenoxy) is 1. The highest BCUT2D eigenvalue weighted by molar-refractivity contribution is 7.09. The quantitative estimate of drug-likeness (QED) is 0.161. The number of aromatic nitrogens is 4. The number of aryl methyl sites for hydroxylation is 2. The lowest BCUT2D eigenvalue weighted by atomic mass is 10.0. The highest BCUT2D eigenvalue weighted by atomic mass is 32.1. The summed E-state index contributed by atoms with van der Waals surface area (Å²) in [6.45, 7) is 9.27. The van der Waals surface area contributed by atoms with Crippen LogP contribution in [0.15, 0.2) is 78.3 Å². The lowest BCUT2D eigenvalue weighted by Gasteiger charge is -2.29. The summed E-state index contributed by atoms with van der Waals surface area (Å²) in [5.74, 6) is 1.15. The van der Waals surface area contributed by atoms with Crippen molar-refractivity contribution in [3.63, 3.8) is 0 Å². The molecule has 5 rings (SSSR count). The molecule has 230 valence electrons. The third-order valence-electron chi connectivity index (χ3n) is 7.33. The molecule has 3 aromatic heterocycles. The van der Waals surface area contributed by atoms with Crippen LogP contribution in [0.4, 0.5) is 4.79 Å². The molecule has 0 spiro atoms. The van der Waals surface area contributed by atoms with Crippen LogP contribution in [-0.4, -0.2) is 42.9 Å². The van der Waals surface area contributed by atoms with Gasteiger partial charge in [0.1, 0.15) is 17.0 Å². The molecule has 1 atom stereocenters. The van der Waals surface area contributed by atoms with Crippen LogP contribution < -0.4 is 10.6 Å². The van der Waals surface area contributed by atoms with E-state index in [1.54, 1.807) is 46.0 Å². The van der Waals surface area contributed by atoms with Crippen molar-refractivity contribution in [2.75, 3.05) is 0 Å². The van der Waals surface area contributed by atoms with Crippen LogP contribution in [0.1, 0.15) is 68.3 Å². The Morgan fingerprint density at radius 2 is 1.70 bits per heavy atom. The molecule has 0 bridgehead atoms. The predicted octanol–water partition coefficient (Wildman–Crippen LogP) is 6.36. The van der Waals surface area contributed by atoms with Crippen molar-refractivity contribution in [2.24, 2.45) is 0 Å². The summed E-state index contributed by atoms with van der Waals surface area (Å²) in [6.07, 6.45) is 3.30. The minimum atomic E-state index is -1.25. The molecule has 0 aliphatic carbocycles. The molecule has 0 radical (unpaired) electrons. The molecule has 0 unspecified atom stereocenters. The molecular formula is C34H40N6O3S. The van der Waals surface area contributed by atoms with Gasteiger partial charge < -0.3 is 24.9 Å². The van der Waals surface area contributed by atoms with Crippen molar-refractivity contribution in [1.29, 1.82) is 0 Å². The van der Waals surface area contributed by atoms with Crippen molar-refractivity contribution in [3.05, 3.63) is 106 Å². The highest BCUT2D eigenvalue weighted by Gasteiger charge is 2.35. The molecule has 3 N–H and O–H groups in total. The zero-order chi connectivity index (χ0) is 31.3. The Bertz CT molecular complexity index is 1700. The molecule has 10 heteroatoms. The third-order valence-corrected chi connectivity index (χ3v) is 8.19. The van der Waals surface area contributed by atoms with Gasteiger partial charge in [-0.15, -0.1) is 21.5 Å². The van der Waals surface area contributed by atoms with Gasteiger partial charge in [0.2, 0.25) is 5.91 Å². The highest BCUT2D eigenvalue weighted by Crippen LogP contribution is 2.26. The summed E-state index contributed by atoms with van der Waals surface area (Å²) in [5, 5.41) is 18.4. The number of hydrogen-bond donors (Lipinski definition) is 3. The Balaban J connectivity index is 1.48. The maximum Gasteiger partial charge on any atom is 0.408 e. The number of hydrogen-bond acceptors (Lipinski definition) is 6. The van der Waals surface area contributed by atoms with Crippen molar-refractivity contribution in [1.82, 2.24) is 30.4 Å². The molecule has 2 aromatic carbocycles. The van der Waals surface area contributed by atoms with Gasteiger partial charge in [0.15, 0.2) is 5.82 Å². The predicted molar refractivity (Wildman–Crippen MR) is 174 cm³/mol. The molecule has 2 amide bonds. The minimum Gasteiger partial charge on any atom is -0.444 e. The standard InChI is InChI=1S/C34H40N6O3S/c1-33(2,3)43-32(42)37-34(4,5)31(41)36-28(20-24-21-35-27-16-10-9-15-26(24)27)30-39-38-29(18-17-23-12-7-6-8-13-23)40(30)22-25-14-11-19-44-25/h6-16,19,21,28,35H,17-18,20,22H2,1-5H3,(H,36,41)(H,37,42)/t28-/m1/s1. The van der Waals surface area contributed by atoms with Crippen molar-refractivity contribution in [3.8, 4) is 0 Å². The van der Waals surface area contributed by atoms with Crippen LogP contribution >= 0.6 is 11.3 Å². The maximum absolute atomic E-state index is 13.8. The molecule has 0 fully saturated rings. The van der Waals surface area contributed by atoms with Gasteiger partial charge in [-0.25, -0.2) is 4.79 Å². The molecule has 9 nitrogen and oxygen atoms in total. The second-order valence-corrected chi connectivity index (χ2v) is 13.5. The van der Waals surface area contributed by atoms with Crippen molar-refractivity contribution >= 4 is 34.2 Å². The van der Waals surface area contributed by atoms with E-state index < -0.39 is 23.3 Å². The minimum absolute atomic E-state index is 0.357. The fourth-order valence-electron chi connectivity index (χ4n) is 5.10. The van der Waals surface area contributed by atoms with Crippen LogP contribution in [-0.2, 0) is 35.3 Å². The summed E-state index contributed by atoms with van der Waals surface area (Å²) in [6, 6.07) is 22.0. The number of aromatic amines is 1. The van der Waals surface area contributed by atoms with E-state index in [0.717, 1.165) is 33.6 Å². The van der Waals surface area contributed by atoms with Gasteiger partial charge in [0, 0.05) is 34.8 Å². The van der Waals surface area contributed by atoms with Crippen LogP contribution in [0.5, 0.6) is 0 Å². The Labute approximate surface area is 262 Å². The van der Waals surface area contributed by atoms with E-state index >= 15 is 0 Å². The summed E-state index contributed by atoms with van der Waals surface area (Å²) in [5.41, 5.74) is 1.33. The Morgan fingerprint density at radius 1 is 0.955 bits per heavy atom. The average molecular weight is 613 g/mol. The Kier molecular flexibility index (Phi) is 9.20. The SMILES string of the molecule is CC(C)(C)OC(=O)NC(C)(C)C(=O)N[C@H](Cc1c[nH]c2ccccc12)c1nnc(CCc2ccccc2)n1Cc1cccs1. The number of alkyl carbamates (subject to hydrolysis) is 1. The number of amides is 2.